The van der Waals surface area contributed by atoms with Crippen molar-refractivity contribution in [2.24, 2.45) is 0 Å². The summed E-state index contributed by atoms with van der Waals surface area (Å²) >= 11 is 0. The predicted molar refractivity (Wildman–Crippen MR) is 91.1 cm³/mol. The molecular weight excluding hydrogens is 288 g/mol. The van der Waals surface area contributed by atoms with Gasteiger partial charge in [-0.15, -0.1) is 0 Å². The molecule has 1 saturated heterocycles. The van der Waals surface area contributed by atoms with E-state index >= 15 is 0 Å². The smallest absolute Gasteiger partial charge is 0.239 e. The average Bonchev–Trinajstić information content (AvgIpc) is 2.90. The van der Waals surface area contributed by atoms with Crippen molar-refractivity contribution in [1.82, 2.24) is 9.80 Å². The molecule has 1 amide bonds. The molecule has 0 spiro atoms. The molecule has 0 aromatic heterocycles. The monoisotopic (exact) mass is 310 g/mol. The van der Waals surface area contributed by atoms with E-state index in [0.29, 0.717) is 6.54 Å². The number of phenols is 1. The Bertz CT molecular complexity index is 700. The van der Waals surface area contributed by atoms with Crippen LogP contribution in [0.25, 0.3) is 11.1 Å². The molecule has 4 heteroatoms. The number of amides is 1. The largest absolute Gasteiger partial charge is 0.508 e. The highest BCUT2D eigenvalue weighted by Gasteiger charge is 2.32. The van der Waals surface area contributed by atoms with E-state index in [1.807, 2.05) is 49.3 Å². The number of hydrogen-bond acceptors (Lipinski definition) is 3. The quantitative estimate of drug-likeness (QED) is 0.944. The summed E-state index contributed by atoms with van der Waals surface area (Å²) < 4.78 is 0. The molecule has 0 radical (unpaired) electrons. The van der Waals surface area contributed by atoms with E-state index in [0.717, 1.165) is 29.7 Å². The molecule has 0 saturated carbocycles. The lowest BCUT2D eigenvalue weighted by Gasteiger charge is -2.23. The van der Waals surface area contributed by atoms with Gasteiger partial charge < -0.3 is 10.0 Å². The summed E-state index contributed by atoms with van der Waals surface area (Å²) in [7, 11) is 3.78. The van der Waals surface area contributed by atoms with Gasteiger partial charge in [-0.25, -0.2) is 0 Å². The second-order valence-electron chi connectivity index (χ2n) is 6.19. The Labute approximate surface area is 137 Å². The number of carbonyl (C=O) groups excluding carboxylic acids is 1. The summed E-state index contributed by atoms with van der Waals surface area (Å²) in [6.07, 6.45) is 0.838. The van der Waals surface area contributed by atoms with Crippen molar-refractivity contribution in [1.29, 1.82) is 0 Å². The molecule has 0 bridgehead atoms. The molecule has 4 nitrogen and oxygen atoms in total. The summed E-state index contributed by atoms with van der Waals surface area (Å²) in [6.45, 7) is 1.35. The van der Waals surface area contributed by atoms with Crippen molar-refractivity contribution >= 4 is 5.91 Å². The van der Waals surface area contributed by atoms with Gasteiger partial charge in [0, 0.05) is 25.7 Å². The van der Waals surface area contributed by atoms with Gasteiger partial charge >= 0.3 is 0 Å². The lowest BCUT2D eigenvalue weighted by molar-refractivity contribution is -0.130. The van der Waals surface area contributed by atoms with Crippen LogP contribution in [0.1, 0.15) is 12.0 Å². The van der Waals surface area contributed by atoms with Gasteiger partial charge in [-0.1, -0.05) is 36.4 Å². The number of aromatic hydroxyl groups is 1. The number of rotatable bonds is 4. The van der Waals surface area contributed by atoms with E-state index in [4.69, 9.17) is 0 Å². The number of phenolic OH excluding ortho intramolecular Hbond substituents is 1. The van der Waals surface area contributed by atoms with E-state index in [1.54, 1.807) is 11.0 Å². The summed E-state index contributed by atoms with van der Waals surface area (Å²) in [4.78, 5) is 15.9. The third-order valence-electron chi connectivity index (χ3n) is 4.54. The minimum atomic E-state index is -0.0974. The van der Waals surface area contributed by atoms with Crippen LogP contribution in [0.2, 0.25) is 0 Å². The molecule has 1 N–H and O–H groups in total. The van der Waals surface area contributed by atoms with E-state index in [1.165, 1.54) is 0 Å². The zero-order chi connectivity index (χ0) is 16.4. The summed E-state index contributed by atoms with van der Waals surface area (Å²) in [5.41, 5.74) is 3.03. The van der Waals surface area contributed by atoms with E-state index in [2.05, 4.69) is 12.1 Å². The minimum Gasteiger partial charge on any atom is -0.508 e. The Kier molecular flexibility index (Phi) is 4.35. The highest BCUT2D eigenvalue weighted by Crippen LogP contribution is 2.28. The molecule has 2 aromatic carbocycles. The zero-order valence-corrected chi connectivity index (χ0v) is 13.6. The lowest BCUT2D eigenvalue weighted by atomic mass is 10.0. The van der Waals surface area contributed by atoms with Crippen molar-refractivity contribution in [3.63, 3.8) is 0 Å². The second-order valence-corrected chi connectivity index (χ2v) is 6.19. The van der Waals surface area contributed by atoms with Crippen LogP contribution in [0.5, 0.6) is 5.75 Å². The maximum Gasteiger partial charge on any atom is 0.239 e. The van der Waals surface area contributed by atoms with Gasteiger partial charge in [0.1, 0.15) is 5.75 Å². The summed E-state index contributed by atoms with van der Waals surface area (Å²) in [5, 5.41) is 10.2. The van der Waals surface area contributed by atoms with Crippen molar-refractivity contribution in [3.05, 3.63) is 54.1 Å². The van der Waals surface area contributed by atoms with Crippen LogP contribution in [-0.4, -0.2) is 47.5 Å². The molecule has 1 aliphatic rings. The van der Waals surface area contributed by atoms with E-state index < -0.39 is 0 Å². The van der Waals surface area contributed by atoms with Gasteiger partial charge in [0.25, 0.3) is 0 Å². The van der Waals surface area contributed by atoms with Gasteiger partial charge in [0.05, 0.1) is 6.04 Å². The van der Waals surface area contributed by atoms with Gasteiger partial charge in [-0.2, -0.15) is 0 Å². The molecule has 3 rings (SSSR count). The highest BCUT2D eigenvalue weighted by molar-refractivity contribution is 5.83. The summed E-state index contributed by atoms with van der Waals surface area (Å²) in [5.74, 6) is 0.432. The first-order chi connectivity index (χ1) is 11.1. The number of benzene rings is 2. The van der Waals surface area contributed by atoms with Crippen LogP contribution >= 0.6 is 0 Å². The molecule has 0 aliphatic carbocycles. The van der Waals surface area contributed by atoms with Gasteiger partial charge in [-0.05, 0) is 36.7 Å². The molecule has 23 heavy (non-hydrogen) atoms. The van der Waals surface area contributed by atoms with E-state index in [9.17, 15) is 9.90 Å². The Morgan fingerprint density at radius 2 is 1.91 bits per heavy atom. The SMILES string of the molecule is CN1CCC(N(C)Cc2cc(-c3ccccc3)ccc2O)C1=O. The zero-order valence-electron chi connectivity index (χ0n) is 13.6. The van der Waals surface area contributed by atoms with Crippen LogP contribution in [0, 0.1) is 0 Å². The standard InChI is InChI=1S/C19H22N2O2/c1-20-11-10-17(19(20)23)21(2)13-16-12-15(8-9-18(16)22)14-6-4-3-5-7-14/h3-9,12,17,22H,10-11,13H2,1-2H3. The van der Waals surface area contributed by atoms with Crippen LogP contribution in [-0.2, 0) is 11.3 Å². The van der Waals surface area contributed by atoms with E-state index in [-0.39, 0.29) is 17.7 Å². The lowest BCUT2D eigenvalue weighted by Crippen LogP contribution is -2.38. The Morgan fingerprint density at radius 3 is 2.57 bits per heavy atom. The van der Waals surface area contributed by atoms with Gasteiger partial charge in [0.15, 0.2) is 0 Å². The third-order valence-corrected chi connectivity index (χ3v) is 4.54. The highest BCUT2D eigenvalue weighted by atomic mass is 16.3. The fourth-order valence-corrected chi connectivity index (χ4v) is 3.11. The first-order valence-electron chi connectivity index (χ1n) is 7.89. The second kappa shape index (κ2) is 6.42. The number of carbonyl (C=O) groups is 1. The average molecular weight is 310 g/mol. The fraction of sp³-hybridized carbons (Fsp3) is 0.316. The summed E-state index contributed by atoms with van der Waals surface area (Å²) in [6, 6.07) is 15.6. The van der Waals surface area contributed by atoms with Gasteiger partial charge in [0.2, 0.25) is 5.91 Å². The first kappa shape index (κ1) is 15.6. The number of likely N-dealkylation sites (N-methyl/N-ethyl adjacent to an activating group) is 2. The molecule has 1 fully saturated rings. The van der Waals surface area contributed by atoms with Crippen LogP contribution < -0.4 is 0 Å². The van der Waals surface area contributed by atoms with Crippen molar-refractivity contribution in [2.45, 2.75) is 19.0 Å². The maximum atomic E-state index is 12.1. The Hall–Kier alpha value is -2.33. The predicted octanol–water partition coefficient (Wildman–Crippen LogP) is 2.72. The Morgan fingerprint density at radius 1 is 1.17 bits per heavy atom. The first-order valence-corrected chi connectivity index (χ1v) is 7.89. The molecule has 1 aliphatic heterocycles. The number of likely N-dealkylation sites (tertiary alicyclic amines) is 1. The van der Waals surface area contributed by atoms with Crippen molar-refractivity contribution in [3.8, 4) is 16.9 Å². The molecule has 1 atom stereocenters. The molecule has 120 valence electrons. The van der Waals surface area contributed by atoms with Crippen molar-refractivity contribution < 1.29 is 9.90 Å². The minimum absolute atomic E-state index is 0.0974. The van der Waals surface area contributed by atoms with Crippen LogP contribution in [0.4, 0.5) is 0 Å². The fourth-order valence-electron chi connectivity index (χ4n) is 3.11. The van der Waals surface area contributed by atoms with Crippen molar-refractivity contribution in [2.75, 3.05) is 20.6 Å². The van der Waals surface area contributed by atoms with Crippen LogP contribution in [0.15, 0.2) is 48.5 Å². The van der Waals surface area contributed by atoms with Gasteiger partial charge in [-0.3, -0.25) is 9.69 Å². The molecular formula is C19H22N2O2. The topological polar surface area (TPSA) is 43.8 Å². The number of hydrogen-bond donors (Lipinski definition) is 1. The maximum absolute atomic E-state index is 12.1. The molecule has 2 aromatic rings. The van der Waals surface area contributed by atoms with Crippen LogP contribution in [0.3, 0.4) is 0 Å². The molecule has 1 heterocycles. The molecule has 1 unspecified atom stereocenters. The third kappa shape index (κ3) is 3.22. The Balaban J connectivity index is 1.81. The number of nitrogens with zero attached hydrogens (tertiary/aromatic N) is 2. The normalized spacial score (nSPS) is 18.0.